The zero-order valence-electron chi connectivity index (χ0n) is 17.0. The molecule has 0 atom stereocenters. The average Bonchev–Trinajstić information content (AvgIpc) is 3.51. The van der Waals surface area contributed by atoms with Crippen LogP contribution in [0.15, 0.2) is 34.9 Å². The molecule has 3 heterocycles. The molecule has 3 aromatic rings. The van der Waals surface area contributed by atoms with Crippen molar-refractivity contribution in [1.29, 1.82) is 5.26 Å². The Hall–Kier alpha value is -2.57. The van der Waals surface area contributed by atoms with E-state index in [2.05, 4.69) is 36.1 Å². The number of likely N-dealkylation sites (tertiary alicyclic amines) is 1. The number of aromatic nitrogens is 4. The molecule has 1 aromatic carbocycles. The molecule has 0 unspecified atom stereocenters. The molecule has 0 radical (unpaired) electrons. The number of ether oxygens (including phenoxy) is 1. The van der Waals surface area contributed by atoms with Gasteiger partial charge in [0.2, 0.25) is 5.88 Å². The van der Waals surface area contributed by atoms with Crippen LogP contribution in [-0.2, 0) is 13.1 Å². The lowest BCUT2D eigenvalue weighted by atomic mass is 9.95. The second-order valence-electron chi connectivity index (χ2n) is 8.38. The van der Waals surface area contributed by atoms with Crippen LogP contribution in [0.5, 0.6) is 11.6 Å². The van der Waals surface area contributed by atoms with Gasteiger partial charge in [-0.05, 0) is 52.9 Å². The highest BCUT2D eigenvalue weighted by Gasteiger charge is 2.34. The number of fused-ring (bicyclic) bond motifs is 1. The molecule has 9 heteroatoms. The van der Waals surface area contributed by atoms with Crippen LogP contribution in [0.3, 0.4) is 0 Å². The second-order valence-corrected chi connectivity index (χ2v) is 9.18. The highest BCUT2D eigenvalue weighted by molar-refractivity contribution is 9.10. The highest BCUT2D eigenvalue weighted by atomic mass is 79.9. The monoisotopic (exact) mass is 484 g/mol. The maximum atomic E-state index is 14.2. The molecule has 7 nitrogen and oxygen atoms in total. The van der Waals surface area contributed by atoms with Crippen molar-refractivity contribution in [2.75, 3.05) is 13.1 Å². The number of halogens is 2. The minimum absolute atomic E-state index is 0.221. The summed E-state index contributed by atoms with van der Waals surface area (Å²) in [6.45, 7) is 2.54. The van der Waals surface area contributed by atoms with Gasteiger partial charge in [-0.3, -0.25) is 4.90 Å². The average molecular weight is 485 g/mol. The zero-order valence-corrected chi connectivity index (χ0v) is 18.6. The Morgan fingerprint density at radius 2 is 2.06 bits per heavy atom. The summed E-state index contributed by atoms with van der Waals surface area (Å²) in [4.78, 5) is 6.55. The molecule has 160 valence electrons. The summed E-state index contributed by atoms with van der Waals surface area (Å²) in [5, 5.41) is 17.6. The van der Waals surface area contributed by atoms with Crippen LogP contribution < -0.4 is 4.74 Å². The maximum absolute atomic E-state index is 14.2. The summed E-state index contributed by atoms with van der Waals surface area (Å²) in [6.07, 6.45) is 4.64. The Balaban J connectivity index is 1.34. The van der Waals surface area contributed by atoms with Crippen molar-refractivity contribution in [3.8, 4) is 17.7 Å². The van der Waals surface area contributed by atoms with Crippen molar-refractivity contribution in [2.24, 2.45) is 5.92 Å². The van der Waals surface area contributed by atoms with Crippen LogP contribution >= 0.6 is 15.9 Å². The number of hydrogen-bond donors (Lipinski definition) is 0. The minimum atomic E-state index is -1.71. The molecule has 2 aliphatic rings. The zero-order chi connectivity index (χ0) is 21.4. The molecule has 2 aromatic heterocycles. The number of benzene rings is 1. The van der Waals surface area contributed by atoms with E-state index in [1.165, 1.54) is 12.8 Å². The molecule has 1 saturated carbocycles. The number of piperidine rings is 1. The first-order valence-corrected chi connectivity index (χ1v) is 11.3. The topological polar surface area (TPSA) is 79.9 Å². The summed E-state index contributed by atoms with van der Waals surface area (Å²) in [5.74, 6) is 1.84. The van der Waals surface area contributed by atoms with E-state index >= 15 is 0 Å². The van der Waals surface area contributed by atoms with Crippen molar-refractivity contribution in [1.82, 2.24) is 24.9 Å². The minimum Gasteiger partial charge on any atom is -0.437 e. The Labute approximate surface area is 187 Å². The standard InChI is InChI=1S/C22H22BrFN6O/c23-19-18(6-5-17-20(19)27-28-30(17)12-15-3-4-15)31-21-16(2-1-9-26-21)13-29-10-7-22(24,14-25)8-11-29/h1-2,5-6,9,15H,3-4,7-8,10-13H2. The van der Waals surface area contributed by atoms with Gasteiger partial charge < -0.3 is 4.74 Å². The molecule has 1 saturated heterocycles. The first-order chi connectivity index (χ1) is 15.0. The van der Waals surface area contributed by atoms with Gasteiger partial charge in [0, 0.05) is 50.8 Å². The van der Waals surface area contributed by atoms with Crippen LogP contribution in [-0.4, -0.2) is 43.6 Å². The third-order valence-corrected chi connectivity index (χ3v) is 6.78. The van der Waals surface area contributed by atoms with Gasteiger partial charge in [0.05, 0.1) is 9.99 Å². The molecule has 31 heavy (non-hydrogen) atoms. The van der Waals surface area contributed by atoms with E-state index < -0.39 is 5.67 Å². The van der Waals surface area contributed by atoms with E-state index in [9.17, 15) is 4.39 Å². The summed E-state index contributed by atoms with van der Waals surface area (Å²) >= 11 is 3.63. The normalized spacial score (nSPS) is 18.7. The highest BCUT2D eigenvalue weighted by Crippen LogP contribution is 2.37. The summed E-state index contributed by atoms with van der Waals surface area (Å²) in [5.41, 5.74) is 0.952. The summed E-state index contributed by atoms with van der Waals surface area (Å²) in [7, 11) is 0. The van der Waals surface area contributed by atoms with Gasteiger partial charge in [0.25, 0.3) is 0 Å². The molecule has 1 aliphatic heterocycles. The fourth-order valence-corrected chi connectivity index (χ4v) is 4.40. The molecule has 5 rings (SSSR count). The fraction of sp³-hybridized carbons (Fsp3) is 0.455. The first kappa shape index (κ1) is 20.3. The lowest BCUT2D eigenvalue weighted by Gasteiger charge is -2.32. The van der Waals surface area contributed by atoms with Crippen LogP contribution in [0.25, 0.3) is 11.0 Å². The van der Waals surface area contributed by atoms with Gasteiger partial charge in [-0.1, -0.05) is 11.3 Å². The number of nitrogens with zero attached hydrogens (tertiary/aromatic N) is 6. The Bertz CT molecular complexity index is 1150. The predicted molar refractivity (Wildman–Crippen MR) is 116 cm³/mol. The molecule has 2 fully saturated rings. The smallest absolute Gasteiger partial charge is 0.223 e. The third-order valence-electron chi connectivity index (χ3n) is 6.02. The Kier molecular flexibility index (Phi) is 5.36. The van der Waals surface area contributed by atoms with Crippen LogP contribution in [0.4, 0.5) is 4.39 Å². The second kappa shape index (κ2) is 8.17. The lowest BCUT2D eigenvalue weighted by molar-refractivity contribution is 0.0979. The molecular formula is C22H22BrFN6O. The molecule has 0 bridgehead atoms. The van der Waals surface area contributed by atoms with Gasteiger partial charge in [-0.25, -0.2) is 14.1 Å². The fourth-order valence-electron chi connectivity index (χ4n) is 3.90. The van der Waals surface area contributed by atoms with Crippen molar-refractivity contribution < 1.29 is 9.13 Å². The predicted octanol–water partition coefficient (Wildman–Crippen LogP) is 4.62. The molecule has 0 spiro atoms. The van der Waals surface area contributed by atoms with Crippen LogP contribution in [0.2, 0.25) is 0 Å². The number of rotatable bonds is 6. The maximum Gasteiger partial charge on any atom is 0.223 e. The van der Waals surface area contributed by atoms with E-state index in [1.807, 2.05) is 28.9 Å². The van der Waals surface area contributed by atoms with Gasteiger partial charge in [0.1, 0.15) is 17.3 Å². The van der Waals surface area contributed by atoms with Crippen molar-refractivity contribution in [2.45, 2.75) is 44.4 Å². The molecular weight excluding hydrogens is 463 g/mol. The van der Waals surface area contributed by atoms with Crippen molar-refractivity contribution in [3.63, 3.8) is 0 Å². The summed E-state index contributed by atoms with van der Waals surface area (Å²) in [6, 6.07) is 9.51. The molecule has 0 amide bonds. The SMILES string of the molecule is N#CC1(F)CCN(Cc2cccnc2Oc2ccc3c(nnn3CC3CC3)c2Br)CC1. The number of alkyl halides is 1. The lowest BCUT2D eigenvalue weighted by Crippen LogP contribution is -2.40. The number of pyridine rings is 1. The van der Waals surface area contributed by atoms with E-state index in [1.54, 1.807) is 12.3 Å². The van der Waals surface area contributed by atoms with Gasteiger partial charge in [-0.15, -0.1) is 5.10 Å². The van der Waals surface area contributed by atoms with E-state index in [0.717, 1.165) is 27.6 Å². The van der Waals surface area contributed by atoms with Gasteiger partial charge in [-0.2, -0.15) is 5.26 Å². The number of hydrogen-bond acceptors (Lipinski definition) is 6. The van der Waals surface area contributed by atoms with Crippen LogP contribution in [0.1, 0.15) is 31.2 Å². The Morgan fingerprint density at radius 3 is 2.81 bits per heavy atom. The first-order valence-electron chi connectivity index (χ1n) is 10.5. The number of nitriles is 1. The van der Waals surface area contributed by atoms with E-state index in [4.69, 9.17) is 10.00 Å². The third kappa shape index (κ3) is 4.27. The Morgan fingerprint density at radius 1 is 1.26 bits per heavy atom. The van der Waals surface area contributed by atoms with Crippen molar-refractivity contribution >= 4 is 27.0 Å². The largest absolute Gasteiger partial charge is 0.437 e. The van der Waals surface area contributed by atoms with Crippen molar-refractivity contribution in [3.05, 3.63) is 40.5 Å². The van der Waals surface area contributed by atoms with Gasteiger partial charge >= 0.3 is 0 Å². The van der Waals surface area contributed by atoms with E-state index in [0.29, 0.717) is 37.2 Å². The van der Waals surface area contributed by atoms with Gasteiger partial charge in [0.15, 0.2) is 5.67 Å². The van der Waals surface area contributed by atoms with E-state index in [-0.39, 0.29) is 12.8 Å². The molecule has 0 N–H and O–H groups in total. The van der Waals surface area contributed by atoms with Crippen LogP contribution in [0, 0.1) is 17.2 Å². The summed E-state index contributed by atoms with van der Waals surface area (Å²) < 4.78 is 23.1. The molecule has 1 aliphatic carbocycles. The quantitative estimate of drug-likeness (QED) is 0.507.